The van der Waals surface area contributed by atoms with E-state index in [0.29, 0.717) is 26.4 Å². The maximum Gasteiger partial charge on any atom is 0.142 e. The molecule has 5 nitrogen and oxygen atoms in total. The van der Waals surface area contributed by atoms with E-state index < -0.39 is 0 Å². The Morgan fingerprint density at radius 2 is 1.15 bits per heavy atom. The van der Waals surface area contributed by atoms with Gasteiger partial charge in [0.25, 0.3) is 0 Å². The maximum absolute atomic E-state index is 5.91. The van der Waals surface area contributed by atoms with Gasteiger partial charge in [-0.1, -0.05) is 24.3 Å². The van der Waals surface area contributed by atoms with Gasteiger partial charge in [-0.3, -0.25) is 0 Å². The van der Waals surface area contributed by atoms with Gasteiger partial charge in [0.05, 0.1) is 37.8 Å². The van der Waals surface area contributed by atoms with Crippen LogP contribution in [0.2, 0.25) is 0 Å². The van der Waals surface area contributed by atoms with Gasteiger partial charge in [0.15, 0.2) is 0 Å². The molecule has 3 rings (SSSR count). The monoisotopic (exact) mass is 374 g/mol. The molecule has 26 heavy (non-hydrogen) atoms. The smallest absolute Gasteiger partial charge is 0.142 e. The molecular formula is C20H26N2O3S. The van der Waals surface area contributed by atoms with E-state index in [0.717, 1.165) is 47.5 Å². The van der Waals surface area contributed by atoms with E-state index in [4.69, 9.17) is 14.2 Å². The van der Waals surface area contributed by atoms with E-state index in [2.05, 4.69) is 10.6 Å². The zero-order chi connectivity index (χ0) is 17.9. The van der Waals surface area contributed by atoms with Crippen LogP contribution in [0.5, 0.6) is 11.5 Å². The van der Waals surface area contributed by atoms with E-state index in [-0.39, 0.29) is 0 Å². The number of thioether (sulfide) groups is 1. The summed E-state index contributed by atoms with van der Waals surface area (Å²) < 4.78 is 17.5. The molecule has 0 spiro atoms. The minimum atomic E-state index is 0.643. The minimum Gasteiger partial charge on any atom is -0.491 e. The highest BCUT2D eigenvalue weighted by Crippen LogP contribution is 2.25. The lowest BCUT2D eigenvalue weighted by Crippen LogP contribution is -2.16. The average Bonchev–Trinajstić information content (AvgIpc) is 2.68. The normalized spacial score (nSPS) is 16.9. The third-order valence-corrected chi connectivity index (χ3v) is 4.78. The van der Waals surface area contributed by atoms with Crippen molar-refractivity contribution in [1.82, 2.24) is 0 Å². The zero-order valence-corrected chi connectivity index (χ0v) is 15.7. The number of anilines is 2. The van der Waals surface area contributed by atoms with E-state index in [9.17, 15) is 0 Å². The zero-order valence-electron chi connectivity index (χ0n) is 14.9. The van der Waals surface area contributed by atoms with Gasteiger partial charge in [0.1, 0.15) is 11.5 Å². The highest BCUT2D eigenvalue weighted by atomic mass is 32.2. The number of rotatable bonds is 0. The number of hydrogen-bond donors (Lipinski definition) is 2. The predicted molar refractivity (Wildman–Crippen MR) is 109 cm³/mol. The number of ether oxygens (including phenoxy) is 3. The molecule has 140 valence electrons. The van der Waals surface area contributed by atoms with Gasteiger partial charge < -0.3 is 24.8 Å². The summed E-state index contributed by atoms with van der Waals surface area (Å²) in [6.45, 7) is 4.13. The molecule has 0 saturated carbocycles. The Balaban J connectivity index is 1.56. The molecule has 0 aliphatic carbocycles. The Hall–Kier alpha value is -2.05. The molecule has 0 bridgehead atoms. The Bertz CT molecular complexity index is 558. The molecule has 1 aliphatic rings. The quantitative estimate of drug-likeness (QED) is 0.733. The SMILES string of the molecule is c1ccc2c(c1)NCCOCCNc1ccccc1OCCSCCO2. The largest absolute Gasteiger partial charge is 0.491 e. The second-order valence-electron chi connectivity index (χ2n) is 5.77. The molecule has 6 heteroatoms. The summed E-state index contributed by atoms with van der Waals surface area (Å²) in [5, 5.41) is 6.77. The molecular weight excluding hydrogens is 348 g/mol. The first-order valence-corrected chi connectivity index (χ1v) is 10.2. The molecule has 0 fully saturated rings. The van der Waals surface area contributed by atoms with Gasteiger partial charge in [-0.2, -0.15) is 11.8 Å². The maximum atomic E-state index is 5.91. The highest BCUT2D eigenvalue weighted by Gasteiger charge is 2.05. The number of benzene rings is 2. The summed E-state index contributed by atoms with van der Waals surface area (Å²) in [5.41, 5.74) is 2.02. The molecule has 2 aromatic rings. The van der Waals surface area contributed by atoms with Crippen LogP contribution in [0.3, 0.4) is 0 Å². The van der Waals surface area contributed by atoms with Gasteiger partial charge >= 0.3 is 0 Å². The van der Waals surface area contributed by atoms with Crippen LogP contribution in [0.1, 0.15) is 0 Å². The summed E-state index contributed by atoms with van der Waals surface area (Å²) in [6.07, 6.45) is 0. The van der Waals surface area contributed by atoms with Crippen molar-refractivity contribution in [3.05, 3.63) is 48.5 Å². The summed E-state index contributed by atoms with van der Waals surface area (Å²) in [7, 11) is 0. The van der Waals surface area contributed by atoms with E-state index in [1.807, 2.05) is 60.3 Å². The first kappa shape index (κ1) is 18.7. The molecule has 1 heterocycles. The fraction of sp³-hybridized carbons (Fsp3) is 0.400. The summed E-state index contributed by atoms with van der Waals surface area (Å²) in [4.78, 5) is 0. The minimum absolute atomic E-state index is 0.643. The predicted octanol–water partition coefficient (Wildman–Crippen LogP) is 3.73. The molecule has 0 atom stereocenters. The molecule has 0 unspecified atom stereocenters. The van der Waals surface area contributed by atoms with Crippen molar-refractivity contribution in [3.8, 4) is 11.5 Å². The number of fused-ring (bicyclic) bond motifs is 2. The Kier molecular flexibility index (Phi) is 7.80. The lowest BCUT2D eigenvalue weighted by Gasteiger charge is -2.15. The van der Waals surface area contributed by atoms with Crippen molar-refractivity contribution in [3.63, 3.8) is 0 Å². The third-order valence-electron chi connectivity index (χ3n) is 3.87. The van der Waals surface area contributed by atoms with Gasteiger partial charge in [-0.05, 0) is 24.3 Å². The third kappa shape index (κ3) is 6.04. The first-order chi connectivity index (χ1) is 12.9. The van der Waals surface area contributed by atoms with Crippen LogP contribution in [-0.2, 0) is 4.74 Å². The standard InChI is InChI=1S/C20H26N2O3S/c1-3-7-19-17(5-1)21-9-11-23-12-10-22-18-6-2-4-8-20(18)25-14-16-26-15-13-24-19/h1-8,21-22H,9-16H2. The highest BCUT2D eigenvalue weighted by molar-refractivity contribution is 7.99. The fourth-order valence-electron chi connectivity index (χ4n) is 2.62. The average molecular weight is 375 g/mol. The lowest BCUT2D eigenvalue weighted by atomic mass is 10.3. The van der Waals surface area contributed by atoms with Crippen LogP contribution in [0.15, 0.2) is 48.5 Å². The van der Waals surface area contributed by atoms with E-state index in [1.54, 1.807) is 0 Å². The van der Waals surface area contributed by atoms with Crippen LogP contribution in [0, 0.1) is 0 Å². The summed E-state index contributed by atoms with van der Waals surface area (Å²) in [6, 6.07) is 16.1. The molecule has 0 aromatic heterocycles. The van der Waals surface area contributed by atoms with Crippen LogP contribution < -0.4 is 20.1 Å². The van der Waals surface area contributed by atoms with Crippen molar-refractivity contribution in [2.45, 2.75) is 0 Å². The van der Waals surface area contributed by atoms with Gasteiger partial charge in [0.2, 0.25) is 0 Å². The Morgan fingerprint density at radius 3 is 1.69 bits per heavy atom. The van der Waals surface area contributed by atoms with Crippen molar-refractivity contribution in [2.75, 3.05) is 61.7 Å². The topological polar surface area (TPSA) is 51.8 Å². The Labute approximate surface area is 159 Å². The number of para-hydroxylation sites is 4. The van der Waals surface area contributed by atoms with E-state index in [1.165, 1.54) is 0 Å². The van der Waals surface area contributed by atoms with Crippen molar-refractivity contribution >= 4 is 23.1 Å². The number of hydrogen-bond acceptors (Lipinski definition) is 6. The molecule has 0 radical (unpaired) electrons. The second-order valence-corrected chi connectivity index (χ2v) is 6.99. The fourth-order valence-corrected chi connectivity index (χ4v) is 3.22. The molecule has 2 N–H and O–H groups in total. The van der Waals surface area contributed by atoms with Crippen LogP contribution in [0.25, 0.3) is 0 Å². The van der Waals surface area contributed by atoms with Crippen LogP contribution in [-0.4, -0.2) is 51.0 Å². The van der Waals surface area contributed by atoms with Crippen LogP contribution in [0.4, 0.5) is 11.4 Å². The first-order valence-electron chi connectivity index (χ1n) is 9.00. The van der Waals surface area contributed by atoms with Gasteiger partial charge in [-0.25, -0.2) is 0 Å². The van der Waals surface area contributed by atoms with Crippen LogP contribution >= 0.6 is 11.8 Å². The van der Waals surface area contributed by atoms with Crippen molar-refractivity contribution in [1.29, 1.82) is 0 Å². The second kappa shape index (κ2) is 10.8. The van der Waals surface area contributed by atoms with Crippen molar-refractivity contribution < 1.29 is 14.2 Å². The van der Waals surface area contributed by atoms with Gasteiger partial charge in [-0.15, -0.1) is 0 Å². The van der Waals surface area contributed by atoms with Crippen molar-refractivity contribution in [2.24, 2.45) is 0 Å². The molecule has 1 aliphatic heterocycles. The molecule has 0 saturated heterocycles. The molecule has 0 amide bonds. The lowest BCUT2D eigenvalue weighted by molar-refractivity contribution is 0.154. The summed E-state index contributed by atoms with van der Waals surface area (Å²) >= 11 is 1.84. The summed E-state index contributed by atoms with van der Waals surface area (Å²) in [5.74, 6) is 3.64. The van der Waals surface area contributed by atoms with E-state index >= 15 is 0 Å². The Morgan fingerprint density at radius 1 is 0.654 bits per heavy atom. The van der Waals surface area contributed by atoms with Gasteiger partial charge in [0, 0.05) is 24.6 Å². The molecule has 2 aromatic carbocycles. The number of nitrogens with one attached hydrogen (secondary N) is 2.